The summed E-state index contributed by atoms with van der Waals surface area (Å²) in [5, 5.41) is 10.8. The third-order valence-electron chi connectivity index (χ3n) is 4.86. The highest BCUT2D eigenvalue weighted by Crippen LogP contribution is 2.34. The number of nitrogens with one attached hydrogen (secondary N) is 1. The number of imidazole rings is 1. The number of carbonyl (C=O) groups is 1. The van der Waals surface area contributed by atoms with Crippen molar-refractivity contribution < 1.29 is 14.3 Å². The molecule has 0 fully saturated rings. The Kier molecular flexibility index (Phi) is 4.35. The highest BCUT2D eigenvalue weighted by molar-refractivity contribution is 6.01. The Morgan fingerprint density at radius 1 is 1.21 bits per heavy atom. The van der Waals surface area contributed by atoms with Crippen LogP contribution in [-0.2, 0) is 7.05 Å². The minimum Gasteiger partial charge on any atom is -0.465 e. The molecule has 6 nitrogen and oxygen atoms in total. The van der Waals surface area contributed by atoms with Crippen LogP contribution in [0.1, 0.15) is 18.8 Å². The fourth-order valence-electron chi connectivity index (χ4n) is 3.43. The minimum atomic E-state index is -1.07. The van der Waals surface area contributed by atoms with Gasteiger partial charge in [0.25, 0.3) is 0 Å². The summed E-state index contributed by atoms with van der Waals surface area (Å²) in [6.07, 6.45) is 2.44. The van der Waals surface area contributed by atoms with E-state index in [-0.39, 0.29) is 5.82 Å². The quantitative estimate of drug-likeness (QED) is 0.527. The zero-order valence-electron chi connectivity index (χ0n) is 15.4. The Balaban J connectivity index is 1.73. The van der Waals surface area contributed by atoms with Crippen LogP contribution in [0.4, 0.5) is 14.9 Å². The van der Waals surface area contributed by atoms with Gasteiger partial charge in [0.15, 0.2) is 0 Å². The number of hydrogen-bond acceptors (Lipinski definition) is 2. The Bertz CT molecular complexity index is 1150. The van der Waals surface area contributed by atoms with Crippen molar-refractivity contribution in [3.05, 3.63) is 72.6 Å². The van der Waals surface area contributed by atoms with Gasteiger partial charge in [-0.2, -0.15) is 0 Å². The molecule has 4 rings (SSSR count). The number of benzene rings is 2. The molecule has 0 saturated carbocycles. The molecule has 2 aromatic carbocycles. The summed E-state index contributed by atoms with van der Waals surface area (Å²) in [4.78, 5) is 21.0. The van der Waals surface area contributed by atoms with Crippen LogP contribution < -0.4 is 4.90 Å². The maximum absolute atomic E-state index is 13.1. The van der Waals surface area contributed by atoms with Gasteiger partial charge >= 0.3 is 6.09 Å². The van der Waals surface area contributed by atoms with Gasteiger partial charge in [0, 0.05) is 35.9 Å². The molecule has 4 aromatic rings. The predicted molar refractivity (Wildman–Crippen MR) is 106 cm³/mol. The van der Waals surface area contributed by atoms with Gasteiger partial charge in [-0.3, -0.25) is 4.90 Å². The third-order valence-corrected chi connectivity index (χ3v) is 4.86. The van der Waals surface area contributed by atoms with Crippen LogP contribution in [0.3, 0.4) is 0 Å². The van der Waals surface area contributed by atoms with Crippen LogP contribution in [-0.4, -0.2) is 25.7 Å². The number of para-hydroxylation sites is 1. The van der Waals surface area contributed by atoms with E-state index < -0.39 is 12.1 Å². The number of halogens is 1. The smallest absolute Gasteiger partial charge is 0.412 e. The fourth-order valence-corrected chi connectivity index (χ4v) is 3.43. The molecule has 7 heteroatoms. The SMILES string of the molecule is CC(c1nc(-c2ccc(F)cc2)c[nH]1)N(C(=O)O)c1cn(C)c2ccccc12. The van der Waals surface area contributed by atoms with Gasteiger partial charge in [0.05, 0.1) is 17.4 Å². The van der Waals surface area contributed by atoms with Crippen LogP contribution in [0.25, 0.3) is 22.2 Å². The number of fused-ring (bicyclic) bond motifs is 1. The first-order valence-corrected chi connectivity index (χ1v) is 8.83. The van der Waals surface area contributed by atoms with E-state index in [9.17, 15) is 14.3 Å². The summed E-state index contributed by atoms with van der Waals surface area (Å²) < 4.78 is 15.0. The molecule has 0 aliphatic heterocycles. The second-order valence-corrected chi connectivity index (χ2v) is 6.65. The molecule has 0 aliphatic carbocycles. The first kappa shape index (κ1) is 17.8. The molecule has 2 N–H and O–H groups in total. The normalized spacial score (nSPS) is 12.2. The number of amides is 1. The number of carboxylic acid groups (broad SMARTS) is 1. The molecule has 28 heavy (non-hydrogen) atoms. The third kappa shape index (κ3) is 3.00. The average Bonchev–Trinajstić information content (AvgIpc) is 3.29. The van der Waals surface area contributed by atoms with E-state index in [4.69, 9.17) is 0 Å². The van der Waals surface area contributed by atoms with Crippen molar-refractivity contribution >= 4 is 22.7 Å². The Morgan fingerprint density at radius 2 is 1.93 bits per heavy atom. The summed E-state index contributed by atoms with van der Waals surface area (Å²) >= 11 is 0. The predicted octanol–water partition coefficient (Wildman–Crippen LogP) is 4.95. The van der Waals surface area contributed by atoms with Gasteiger partial charge in [-0.15, -0.1) is 0 Å². The Hall–Kier alpha value is -3.61. The maximum Gasteiger partial charge on any atom is 0.412 e. The van der Waals surface area contributed by atoms with Crippen LogP contribution in [0.5, 0.6) is 0 Å². The highest BCUT2D eigenvalue weighted by atomic mass is 19.1. The molecule has 0 bridgehead atoms. The summed E-state index contributed by atoms with van der Waals surface area (Å²) in [5.74, 6) is 0.190. The van der Waals surface area contributed by atoms with E-state index >= 15 is 0 Å². The minimum absolute atomic E-state index is 0.319. The van der Waals surface area contributed by atoms with Crippen molar-refractivity contribution in [3.63, 3.8) is 0 Å². The van der Waals surface area contributed by atoms with Gasteiger partial charge in [0.2, 0.25) is 0 Å². The number of aryl methyl sites for hydroxylation is 1. The molecule has 142 valence electrons. The number of nitrogens with zero attached hydrogens (tertiary/aromatic N) is 3. The van der Waals surface area contributed by atoms with Crippen LogP contribution in [0.15, 0.2) is 60.9 Å². The first-order valence-electron chi connectivity index (χ1n) is 8.83. The van der Waals surface area contributed by atoms with Crippen LogP contribution in [0, 0.1) is 5.82 Å². The van der Waals surface area contributed by atoms with E-state index in [1.54, 1.807) is 31.5 Å². The van der Waals surface area contributed by atoms with E-state index in [0.29, 0.717) is 17.2 Å². The van der Waals surface area contributed by atoms with Gasteiger partial charge in [-0.1, -0.05) is 18.2 Å². The summed E-state index contributed by atoms with van der Waals surface area (Å²) in [7, 11) is 1.88. The van der Waals surface area contributed by atoms with E-state index in [1.165, 1.54) is 17.0 Å². The molecule has 1 unspecified atom stereocenters. The Morgan fingerprint density at radius 3 is 2.64 bits per heavy atom. The van der Waals surface area contributed by atoms with E-state index in [0.717, 1.165) is 16.5 Å². The van der Waals surface area contributed by atoms with Crippen molar-refractivity contribution in [1.29, 1.82) is 0 Å². The van der Waals surface area contributed by atoms with Gasteiger partial charge in [0.1, 0.15) is 11.6 Å². The van der Waals surface area contributed by atoms with Gasteiger partial charge in [-0.05, 0) is 37.3 Å². The van der Waals surface area contributed by atoms with Crippen LogP contribution in [0.2, 0.25) is 0 Å². The molecular formula is C21H19FN4O2. The summed E-state index contributed by atoms with van der Waals surface area (Å²) in [5.41, 5.74) is 2.92. The molecule has 2 heterocycles. The zero-order chi connectivity index (χ0) is 19.8. The number of hydrogen-bond donors (Lipinski definition) is 2. The molecule has 0 aliphatic rings. The molecule has 1 amide bonds. The molecule has 1 atom stereocenters. The lowest BCUT2D eigenvalue weighted by Crippen LogP contribution is -2.32. The molecule has 0 spiro atoms. The second-order valence-electron chi connectivity index (χ2n) is 6.65. The summed E-state index contributed by atoms with van der Waals surface area (Å²) in [6, 6.07) is 13.1. The molecular weight excluding hydrogens is 359 g/mol. The average molecular weight is 378 g/mol. The van der Waals surface area contributed by atoms with Crippen molar-refractivity contribution in [1.82, 2.24) is 14.5 Å². The molecule has 0 saturated heterocycles. The van der Waals surface area contributed by atoms with Crippen molar-refractivity contribution in [2.45, 2.75) is 13.0 Å². The Labute approximate surface area is 160 Å². The number of aromatic amines is 1. The zero-order valence-corrected chi connectivity index (χ0v) is 15.4. The van der Waals surface area contributed by atoms with E-state index in [1.807, 2.05) is 35.9 Å². The van der Waals surface area contributed by atoms with Crippen molar-refractivity contribution in [3.8, 4) is 11.3 Å². The number of rotatable bonds is 4. The van der Waals surface area contributed by atoms with Crippen molar-refractivity contribution in [2.75, 3.05) is 4.90 Å². The number of H-pyrrole nitrogens is 1. The van der Waals surface area contributed by atoms with E-state index in [2.05, 4.69) is 9.97 Å². The van der Waals surface area contributed by atoms with Crippen molar-refractivity contribution in [2.24, 2.45) is 7.05 Å². The molecule has 2 aromatic heterocycles. The monoisotopic (exact) mass is 378 g/mol. The fraction of sp³-hybridized carbons (Fsp3) is 0.143. The second kappa shape index (κ2) is 6.84. The number of anilines is 1. The summed E-state index contributed by atoms with van der Waals surface area (Å²) in [6.45, 7) is 1.78. The van der Waals surface area contributed by atoms with Crippen LogP contribution >= 0.6 is 0 Å². The first-order chi connectivity index (χ1) is 13.5. The topological polar surface area (TPSA) is 74.2 Å². The lowest BCUT2D eigenvalue weighted by atomic mass is 10.2. The van der Waals surface area contributed by atoms with Gasteiger partial charge < -0.3 is 14.7 Å². The lowest BCUT2D eigenvalue weighted by Gasteiger charge is -2.24. The standard InChI is InChI=1S/C21H19FN4O2/c1-13(20-23-11-17(24-20)14-7-9-15(22)10-8-14)26(21(27)28)19-12-25(2)18-6-4-3-5-16(18)19/h3-13H,1-2H3,(H,23,24)(H,27,28). The van der Waals surface area contributed by atoms with Gasteiger partial charge in [-0.25, -0.2) is 14.2 Å². The molecule has 0 radical (unpaired) electrons. The lowest BCUT2D eigenvalue weighted by molar-refractivity contribution is 0.199. The number of aromatic nitrogens is 3. The highest BCUT2D eigenvalue weighted by Gasteiger charge is 2.28. The maximum atomic E-state index is 13.1. The largest absolute Gasteiger partial charge is 0.465 e.